The Morgan fingerprint density at radius 1 is 1.08 bits per heavy atom. The van der Waals surface area contributed by atoms with Crippen LogP contribution in [0.5, 0.6) is 0 Å². The van der Waals surface area contributed by atoms with Crippen LogP contribution in [0.4, 0.5) is 16.0 Å². The zero-order valence-corrected chi connectivity index (χ0v) is 14.0. The number of pyridine rings is 1. The number of hydrogen-bond acceptors (Lipinski definition) is 4. The van der Waals surface area contributed by atoms with E-state index in [9.17, 15) is 9.18 Å². The first-order chi connectivity index (χ1) is 12.6. The molecule has 0 spiro atoms. The molecule has 0 saturated heterocycles. The van der Waals surface area contributed by atoms with E-state index in [0.29, 0.717) is 22.8 Å². The Morgan fingerprint density at radius 3 is 2.73 bits per heavy atom. The number of hydrogen-bond donors (Lipinski definition) is 1. The van der Waals surface area contributed by atoms with Crippen LogP contribution < -0.4 is 10.9 Å². The highest BCUT2D eigenvalue weighted by Crippen LogP contribution is 2.20. The van der Waals surface area contributed by atoms with Gasteiger partial charge in [-0.1, -0.05) is 12.1 Å². The van der Waals surface area contributed by atoms with E-state index in [1.807, 2.05) is 37.3 Å². The van der Waals surface area contributed by atoms with Crippen LogP contribution in [0.15, 0.2) is 71.8 Å². The molecule has 0 fully saturated rings. The van der Waals surface area contributed by atoms with Gasteiger partial charge in [0.15, 0.2) is 0 Å². The molecule has 128 valence electrons. The van der Waals surface area contributed by atoms with Crippen LogP contribution in [-0.4, -0.2) is 14.5 Å². The standard InChI is InChI=1S/C20H15FN4O/c1-13-4-2-6-16(10-13)25-19(26)17-11-14(21)7-8-18(17)24-20(25)23-15-5-3-9-22-12-15/h2-12H,1H3,(H,23,24). The van der Waals surface area contributed by atoms with Gasteiger partial charge in [-0.3, -0.25) is 9.78 Å². The van der Waals surface area contributed by atoms with Crippen molar-refractivity contribution in [1.82, 2.24) is 14.5 Å². The third-order valence-corrected chi connectivity index (χ3v) is 4.01. The second kappa shape index (κ2) is 6.40. The topological polar surface area (TPSA) is 59.8 Å². The minimum Gasteiger partial charge on any atom is -0.324 e. The minimum atomic E-state index is -0.472. The number of aryl methyl sites for hydroxylation is 1. The molecule has 0 aliphatic carbocycles. The summed E-state index contributed by atoms with van der Waals surface area (Å²) < 4.78 is 15.1. The molecule has 0 saturated carbocycles. The third-order valence-electron chi connectivity index (χ3n) is 4.01. The summed E-state index contributed by atoms with van der Waals surface area (Å²) in [5, 5.41) is 3.36. The smallest absolute Gasteiger partial charge is 0.267 e. The SMILES string of the molecule is Cc1cccc(-n2c(Nc3cccnc3)nc3ccc(F)cc3c2=O)c1. The Morgan fingerprint density at radius 2 is 1.96 bits per heavy atom. The van der Waals surface area contributed by atoms with Crippen LogP contribution >= 0.6 is 0 Å². The minimum absolute atomic E-state index is 0.225. The first kappa shape index (κ1) is 16.0. The van der Waals surface area contributed by atoms with Gasteiger partial charge in [-0.15, -0.1) is 0 Å². The van der Waals surface area contributed by atoms with Gasteiger partial charge in [-0.05, 0) is 55.0 Å². The van der Waals surface area contributed by atoms with Gasteiger partial charge in [0.1, 0.15) is 5.82 Å². The van der Waals surface area contributed by atoms with Crippen molar-refractivity contribution in [3.8, 4) is 5.69 Å². The van der Waals surface area contributed by atoms with Crippen molar-refractivity contribution in [2.45, 2.75) is 6.92 Å². The number of halogens is 1. The quantitative estimate of drug-likeness (QED) is 0.610. The molecule has 4 aromatic rings. The molecule has 4 rings (SSSR count). The molecule has 0 bridgehead atoms. The summed E-state index contributed by atoms with van der Waals surface area (Å²) in [5.41, 5.74) is 2.43. The lowest BCUT2D eigenvalue weighted by Crippen LogP contribution is -2.23. The molecule has 6 heteroatoms. The summed E-state index contributed by atoms with van der Waals surface area (Å²) in [7, 11) is 0. The van der Waals surface area contributed by atoms with Crippen molar-refractivity contribution in [2.24, 2.45) is 0 Å². The highest BCUT2D eigenvalue weighted by atomic mass is 19.1. The Kier molecular flexibility index (Phi) is 3.93. The van der Waals surface area contributed by atoms with E-state index in [0.717, 1.165) is 5.56 Å². The van der Waals surface area contributed by atoms with Crippen LogP contribution in [0.2, 0.25) is 0 Å². The number of benzene rings is 2. The lowest BCUT2D eigenvalue weighted by Gasteiger charge is -2.15. The van der Waals surface area contributed by atoms with E-state index < -0.39 is 5.82 Å². The maximum atomic E-state index is 13.7. The molecule has 0 radical (unpaired) electrons. The normalized spacial score (nSPS) is 10.8. The number of aromatic nitrogens is 3. The molecule has 5 nitrogen and oxygen atoms in total. The van der Waals surface area contributed by atoms with Gasteiger partial charge in [0.25, 0.3) is 5.56 Å². The molecule has 26 heavy (non-hydrogen) atoms. The second-order valence-electron chi connectivity index (χ2n) is 5.94. The summed E-state index contributed by atoms with van der Waals surface area (Å²) in [4.78, 5) is 21.7. The molecule has 2 heterocycles. The molecule has 0 unspecified atom stereocenters. The fourth-order valence-corrected chi connectivity index (χ4v) is 2.81. The van der Waals surface area contributed by atoms with E-state index in [4.69, 9.17) is 0 Å². The van der Waals surface area contributed by atoms with E-state index in [1.165, 1.54) is 22.8 Å². The lowest BCUT2D eigenvalue weighted by atomic mass is 10.2. The van der Waals surface area contributed by atoms with E-state index in [1.54, 1.807) is 18.5 Å². The Hall–Kier alpha value is -3.54. The first-order valence-corrected chi connectivity index (χ1v) is 8.08. The second-order valence-corrected chi connectivity index (χ2v) is 5.94. The molecule has 2 aromatic carbocycles. The van der Waals surface area contributed by atoms with Gasteiger partial charge in [0.2, 0.25) is 5.95 Å². The summed E-state index contributed by atoms with van der Waals surface area (Å²) in [6.07, 6.45) is 3.30. The molecule has 0 atom stereocenters. The van der Waals surface area contributed by atoms with E-state index >= 15 is 0 Å². The highest BCUT2D eigenvalue weighted by Gasteiger charge is 2.14. The molecule has 0 aliphatic heterocycles. The Labute approximate surface area is 148 Å². The van der Waals surface area contributed by atoms with Crippen molar-refractivity contribution in [3.05, 3.63) is 88.7 Å². The Balaban J connectivity index is 2.00. The van der Waals surface area contributed by atoms with Gasteiger partial charge in [-0.25, -0.2) is 13.9 Å². The van der Waals surface area contributed by atoms with Gasteiger partial charge in [-0.2, -0.15) is 0 Å². The molecule has 2 aromatic heterocycles. The fraction of sp³-hybridized carbons (Fsp3) is 0.0500. The number of anilines is 2. The molecule has 0 amide bonds. The van der Waals surface area contributed by atoms with Crippen molar-refractivity contribution in [3.63, 3.8) is 0 Å². The van der Waals surface area contributed by atoms with Crippen molar-refractivity contribution in [2.75, 3.05) is 5.32 Å². The van der Waals surface area contributed by atoms with Crippen LogP contribution in [0.1, 0.15) is 5.56 Å². The number of rotatable bonds is 3. The molecule has 1 N–H and O–H groups in total. The van der Waals surface area contributed by atoms with Crippen LogP contribution in [-0.2, 0) is 0 Å². The van der Waals surface area contributed by atoms with Crippen molar-refractivity contribution < 1.29 is 4.39 Å². The highest BCUT2D eigenvalue weighted by molar-refractivity contribution is 5.80. The Bertz CT molecular complexity index is 1160. The van der Waals surface area contributed by atoms with Crippen molar-refractivity contribution in [1.29, 1.82) is 0 Å². The first-order valence-electron chi connectivity index (χ1n) is 8.08. The zero-order chi connectivity index (χ0) is 18.1. The maximum absolute atomic E-state index is 13.7. The third kappa shape index (κ3) is 2.93. The molecular formula is C20H15FN4O. The zero-order valence-electron chi connectivity index (χ0n) is 14.0. The fourth-order valence-electron chi connectivity index (χ4n) is 2.81. The van der Waals surface area contributed by atoms with Gasteiger partial charge < -0.3 is 5.32 Å². The van der Waals surface area contributed by atoms with Crippen LogP contribution in [0, 0.1) is 12.7 Å². The molecule has 0 aliphatic rings. The average molecular weight is 346 g/mol. The van der Waals surface area contributed by atoms with Gasteiger partial charge in [0, 0.05) is 6.20 Å². The number of fused-ring (bicyclic) bond motifs is 1. The lowest BCUT2D eigenvalue weighted by molar-refractivity contribution is 0.629. The van der Waals surface area contributed by atoms with E-state index in [2.05, 4.69) is 15.3 Å². The van der Waals surface area contributed by atoms with Crippen LogP contribution in [0.3, 0.4) is 0 Å². The summed E-state index contributed by atoms with van der Waals surface area (Å²) >= 11 is 0. The number of nitrogens with zero attached hydrogens (tertiary/aromatic N) is 3. The summed E-state index contributed by atoms with van der Waals surface area (Å²) in [6.45, 7) is 1.94. The van der Waals surface area contributed by atoms with Gasteiger partial charge in [0.05, 0.1) is 28.5 Å². The summed E-state index contributed by atoms with van der Waals surface area (Å²) in [6, 6.07) is 15.1. The predicted octanol–water partition coefficient (Wildman–Crippen LogP) is 3.97. The maximum Gasteiger partial charge on any atom is 0.267 e. The number of nitrogens with one attached hydrogen (secondary N) is 1. The average Bonchev–Trinajstić information content (AvgIpc) is 2.63. The van der Waals surface area contributed by atoms with Crippen molar-refractivity contribution >= 4 is 22.5 Å². The van der Waals surface area contributed by atoms with Gasteiger partial charge >= 0.3 is 0 Å². The molecular weight excluding hydrogens is 331 g/mol. The van der Waals surface area contributed by atoms with E-state index in [-0.39, 0.29) is 10.9 Å². The monoisotopic (exact) mass is 346 g/mol. The largest absolute Gasteiger partial charge is 0.324 e. The van der Waals surface area contributed by atoms with Crippen LogP contribution in [0.25, 0.3) is 16.6 Å². The summed E-state index contributed by atoms with van der Waals surface area (Å²) in [5.74, 6) is -0.132. The predicted molar refractivity (Wildman–Crippen MR) is 99.6 cm³/mol.